The molecule has 2 amide bonds. The van der Waals surface area contributed by atoms with Gasteiger partial charge in [-0.3, -0.25) is 4.79 Å². The molecule has 5 heteroatoms. The number of hydrogen-bond donors (Lipinski definition) is 1. The van der Waals surface area contributed by atoms with Crippen LogP contribution in [0.25, 0.3) is 0 Å². The topological polar surface area (TPSA) is 60.9 Å². The van der Waals surface area contributed by atoms with Gasteiger partial charge in [-0.05, 0) is 19.8 Å². The number of piperidine rings is 1. The molecule has 1 unspecified atom stereocenters. The first-order valence-corrected chi connectivity index (χ1v) is 5.29. The summed E-state index contributed by atoms with van der Waals surface area (Å²) in [6.07, 6.45) is 0.652. The maximum atomic E-state index is 11.8. The number of nitrogens with zero attached hydrogens (tertiary/aromatic N) is 2. The molecule has 5 nitrogen and oxygen atoms in total. The first kappa shape index (κ1) is 11.8. The van der Waals surface area contributed by atoms with E-state index in [4.69, 9.17) is 5.11 Å². The molecule has 0 bridgehead atoms. The lowest BCUT2D eigenvalue weighted by Gasteiger charge is -2.31. The Morgan fingerprint density at radius 2 is 2.20 bits per heavy atom. The Hall–Kier alpha value is -1.26. The van der Waals surface area contributed by atoms with Crippen LogP contribution in [0.1, 0.15) is 19.8 Å². The van der Waals surface area contributed by atoms with Crippen LogP contribution in [0.4, 0.5) is 4.79 Å². The van der Waals surface area contributed by atoms with Gasteiger partial charge in [-0.25, -0.2) is 4.79 Å². The monoisotopic (exact) mass is 214 g/mol. The van der Waals surface area contributed by atoms with Crippen LogP contribution < -0.4 is 0 Å². The SMILES string of the molecule is CCN(C)C(=O)C1CCCN(C(=O)O)C1. The maximum Gasteiger partial charge on any atom is 0.407 e. The first-order valence-electron chi connectivity index (χ1n) is 5.29. The molecule has 1 N–H and O–H groups in total. The molecule has 1 atom stereocenters. The van der Waals surface area contributed by atoms with Crippen LogP contribution in [0.3, 0.4) is 0 Å². The Morgan fingerprint density at radius 1 is 1.53 bits per heavy atom. The summed E-state index contributed by atoms with van der Waals surface area (Å²) in [7, 11) is 1.75. The second-order valence-electron chi connectivity index (χ2n) is 3.92. The summed E-state index contributed by atoms with van der Waals surface area (Å²) in [5, 5.41) is 8.83. The largest absolute Gasteiger partial charge is 0.465 e. The average Bonchev–Trinajstić information content (AvgIpc) is 2.27. The highest BCUT2D eigenvalue weighted by atomic mass is 16.4. The van der Waals surface area contributed by atoms with Crippen LogP contribution in [0.5, 0.6) is 0 Å². The van der Waals surface area contributed by atoms with Crippen LogP contribution in [0.15, 0.2) is 0 Å². The first-order chi connectivity index (χ1) is 7.06. The normalized spacial score (nSPS) is 21.2. The molecule has 0 aromatic rings. The van der Waals surface area contributed by atoms with E-state index in [0.717, 1.165) is 12.8 Å². The second-order valence-corrected chi connectivity index (χ2v) is 3.92. The molecule has 0 aliphatic carbocycles. The van der Waals surface area contributed by atoms with Crippen molar-refractivity contribution in [1.82, 2.24) is 9.80 Å². The van der Waals surface area contributed by atoms with Crippen molar-refractivity contribution in [2.45, 2.75) is 19.8 Å². The molecule has 15 heavy (non-hydrogen) atoms. The highest BCUT2D eigenvalue weighted by Gasteiger charge is 2.29. The van der Waals surface area contributed by atoms with Gasteiger partial charge in [0, 0.05) is 26.7 Å². The predicted octanol–water partition coefficient (Wildman–Crippen LogP) is 0.855. The Labute approximate surface area is 89.7 Å². The molecule has 0 saturated carbocycles. The van der Waals surface area contributed by atoms with Gasteiger partial charge in [0.15, 0.2) is 0 Å². The minimum atomic E-state index is -0.924. The fraction of sp³-hybridized carbons (Fsp3) is 0.800. The highest BCUT2D eigenvalue weighted by molar-refractivity contribution is 5.79. The Morgan fingerprint density at radius 3 is 2.73 bits per heavy atom. The van der Waals surface area contributed by atoms with Crippen LogP contribution >= 0.6 is 0 Å². The number of likely N-dealkylation sites (tertiary alicyclic amines) is 1. The number of rotatable bonds is 2. The maximum absolute atomic E-state index is 11.8. The van der Waals surface area contributed by atoms with Crippen molar-refractivity contribution in [3.8, 4) is 0 Å². The van der Waals surface area contributed by atoms with E-state index in [2.05, 4.69) is 0 Å². The van der Waals surface area contributed by atoms with Gasteiger partial charge in [-0.15, -0.1) is 0 Å². The quantitative estimate of drug-likeness (QED) is 0.741. The van der Waals surface area contributed by atoms with Gasteiger partial charge in [0.1, 0.15) is 0 Å². The summed E-state index contributed by atoms with van der Waals surface area (Å²) in [4.78, 5) is 25.5. The van der Waals surface area contributed by atoms with E-state index < -0.39 is 6.09 Å². The molecule has 1 saturated heterocycles. The standard InChI is InChI=1S/C10H18N2O3/c1-3-11(2)9(13)8-5-4-6-12(7-8)10(14)15/h8H,3-7H2,1-2H3,(H,14,15). The zero-order chi connectivity index (χ0) is 11.4. The van der Waals surface area contributed by atoms with Crippen LogP contribution in [0.2, 0.25) is 0 Å². The second kappa shape index (κ2) is 5.00. The molecule has 86 valence electrons. The summed E-state index contributed by atoms with van der Waals surface area (Å²) in [5.74, 6) is -0.0942. The third kappa shape index (κ3) is 2.84. The summed E-state index contributed by atoms with van der Waals surface area (Å²) in [6, 6.07) is 0. The van der Waals surface area contributed by atoms with Crippen LogP contribution in [-0.4, -0.2) is 53.6 Å². The van der Waals surface area contributed by atoms with Crippen molar-refractivity contribution < 1.29 is 14.7 Å². The highest BCUT2D eigenvalue weighted by Crippen LogP contribution is 2.18. The minimum absolute atomic E-state index is 0.0588. The molecule has 1 rings (SSSR count). The van der Waals surface area contributed by atoms with Crippen molar-refractivity contribution in [2.75, 3.05) is 26.7 Å². The van der Waals surface area contributed by atoms with Crippen molar-refractivity contribution >= 4 is 12.0 Å². The van der Waals surface area contributed by atoms with Gasteiger partial charge in [-0.2, -0.15) is 0 Å². The van der Waals surface area contributed by atoms with E-state index >= 15 is 0 Å². The van der Waals surface area contributed by atoms with Crippen molar-refractivity contribution in [3.63, 3.8) is 0 Å². The lowest BCUT2D eigenvalue weighted by atomic mass is 9.97. The number of hydrogen-bond acceptors (Lipinski definition) is 2. The number of carbonyl (C=O) groups is 2. The predicted molar refractivity (Wildman–Crippen MR) is 55.6 cm³/mol. The van der Waals surface area contributed by atoms with Crippen LogP contribution in [0, 0.1) is 5.92 Å². The fourth-order valence-electron chi connectivity index (χ4n) is 1.82. The van der Waals surface area contributed by atoms with E-state index in [0.29, 0.717) is 19.6 Å². The van der Waals surface area contributed by atoms with E-state index in [1.165, 1.54) is 4.90 Å². The number of carboxylic acid groups (broad SMARTS) is 1. The zero-order valence-electron chi connectivity index (χ0n) is 9.27. The van der Waals surface area contributed by atoms with Gasteiger partial charge in [-0.1, -0.05) is 0 Å². The Kier molecular flexibility index (Phi) is 3.94. The molecule has 1 aliphatic heterocycles. The van der Waals surface area contributed by atoms with Gasteiger partial charge >= 0.3 is 6.09 Å². The van der Waals surface area contributed by atoms with Crippen molar-refractivity contribution in [3.05, 3.63) is 0 Å². The van der Waals surface area contributed by atoms with E-state index in [1.54, 1.807) is 11.9 Å². The van der Waals surface area contributed by atoms with Crippen LogP contribution in [-0.2, 0) is 4.79 Å². The molecule has 1 fully saturated rings. The smallest absolute Gasteiger partial charge is 0.407 e. The lowest BCUT2D eigenvalue weighted by molar-refractivity contribution is -0.135. The van der Waals surface area contributed by atoms with E-state index in [-0.39, 0.29) is 11.8 Å². The third-order valence-corrected chi connectivity index (χ3v) is 2.89. The molecule has 0 spiro atoms. The zero-order valence-corrected chi connectivity index (χ0v) is 9.27. The molecular formula is C10H18N2O3. The van der Waals surface area contributed by atoms with Gasteiger partial charge in [0.05, 0.1) is 5.92 Å². The molecule has 0 aromatic carbocycles. The third-order valence-electron chi connectivity index (χ3n) is 2.89. The van der Waals surface area contributed by atoms with Gasteiger partial charge in [0.25, 0.3) is 0 Å². The molecule has 0 radical (unpaired) electrons. The Bertz CT molecular complexity index is 255. The van der Waals surface area contributed by atoms with E-state index in [1.807, 2.05) is 6.92 Å². The summed E-state index contributed by atoms with van der Waals surface area (Å²) in [6.45, 7) is 3.48. The minimum Gasteiger partial charge on any atom is -0.465 e. The lowest BCUT2D eigenvalue weighted by Crippen LogP contribution is -2.45. The molecule has 1 aliphatic rings. The van der Waals surface area contributed by atoms with Crippen molar-refractivity contribution in [1.29, 1.82) is 0 Å². The fourth-order valence-corrected chi connectivity index (χ4v) is 1.82. The molecule has 0 aromatic heterocycles. The molecular weight excluding hydrogens is 196 g/mol. The Balaban J connectivity index is 2.56. The summed E-state index contributed by atoms with van der Waals surface area (Å²) >= 11 is 0. The average molecular weight is 214 g/mol. The number of carbonyl (C=O) groups excluding carboxylic acids is 1. The molecule has 1 heterocycles. The summed E-state index contributed by atoms with van der Waals surface area (Å²) in [5.41, 5.74) is 0. The summed E-state index contributed by atoms with van der Waals surface area (Å²) < 4.78 is 0. The van der Waals surface area contributed by atoms with Crippen molar-refractivity contribution in [2.24, 2.45) is 5.92 Å². The van der Waals surface area contributed by atoms with Gasteiger partial charge in [0.2, 0.25) is 5.91 Å². The number of amides is 2. The van der Waals surface area contributed by atoms with E-state index in [9.17, 15) is 9.59 Å². The van der Waals surface area contributed by atoms with Gasteiger partial charge < -0.3 is 14.9 Å².